The van der Waals surface area contributed by atoms with Crippen LogP contribution >= 0.6 is 0 Å². The first kappa shape index (κ1) is 15.1. The Hall–Kier alpha value is -0.920. The van der Waals surface area contributed by atoms with Crippen LogP contribution in [0.1, 0.15) is 19.3 Å². The van der Waals surface area contributed by atoms with Gasteiger partial charge in [0.25, 0.3) is 5.91 Å². The summed E-state index contributed by atoms with van der Waals surface area (Å²) in [5, 5.41) is 1.68. The number of ether oxygens (including phenoxy) is 1. The lowest BCUT2D eigenvalue weighted by Gasteiger charge is -2.21. The highest BCUT2D eigenvalue weighted by Crippen LogP contribution is 2.48. The number of amides is 1. The molecule has 1 aliphatic carbocycles. The molecule has 0 spiro atoms. The number of carbonyl (C=O) groups is 1. The first-order valence-corrected chi connectivity index (χ1v) is 5.36. The molecule has 0 aromatic carbocycles. The lowest BCUT2D eigenvalue weighted by atomic mass is 10.0. The van der Waals surface area contributed by atoms with Crippen molar-refractivity contribution in [2.24, 2.45) is 5.41 Å². The molecule has 0 aliphatic heterocycles. The van der Waals surface area contributed by atoms with Gasteiger partial charge in [-0.05, 0) is 24.7 Å². The van der Waals surface area contributed by atoms with E-state index in [1.807, 2.05) is 0 Å². The van der Waals surface area contributed by atoms with Crippen LogP contribution in [-0.2, 0) is 9.53 Å². The average Bonchev–Trinajstić information content (AvgIpc) is 3.02. The topological polar surface area (TPSA) is 38.3 Å². The normalized spacial score (nSPS) is 18.6. The third-order valence-electron chi connectivity index (χ3n) is 3.06. The number of carbonyl (C=O) groups excluding carboxylic acids is 1. The van der Waals surface area contributed by atoms with Gasteiger partial charge in [0.1, 0.15) is 0 Å². The van der Waals surface area contributed by atoms with Crippen LogP contribution in [0.4, 0.5) is 22.0 Å². The zero-order chi connectivity index (χ0) is 14.0. The SMILES string of the molecule is COCCC1(CNC(=O)C(F)(F)C(F)(F)F)CC1. The summed E-state index contributed by atoms with van der Waals surface area (Å²) in [5.74, 6) is -7.64. The van der Waals surface area contributed by atoms with Gasteiger partial charge < -0.3 is 10.1 Å². The summed E-state index contributed by atoms with van der Waals surface area (Å²) < 4.78 is 65.7. The zero-order valence-corrected chi connectivity index (χ0v) is 9.74. The van der Waals surface area contributed by atoms with Gasteiger partial charge in [0.2, 0.25) is 0 Å². The molecule has 0 aromatic rings. The minimum Gasteiger partial charge on any atom is -0.385 e. The van der Waals surface area contributed by atoms with E-state index in [1.54, 1.807) is 5.32 Å². The van der Waals surface area contributed by atoms with Gasteiger partial charge in [-0.2, -0.15) is 22.0 Å². The van der Waals surface area contributed by atoms with Crippen LogP contribution in [0.2, 0.25) is 0 Å². The molecule has 0 unspecified atom stereocenters. The summed E-state index contributed by atoms with van der Waals surface area (Å²) in [7, 11) is 1.46. The summed E-state index contributed by atoms with van der Waals surface area (Å²) >= 11 is 0. The highest BCUT2D eigenvalue weighted by atomic mass is 19.4. The molecule has 0 aromatic heterocycles. The van der Waals surface area contributed by atoms with Gasteiger partial charge in [-0.25, -0.2) is 0 Å². The predicted octanol–water partition coefficient (Wildman–Crippen LogP) is 2.12. The van der Waals surface area contributed by atoms with Gasteiger partial charge in [0.15, 0.2) is 0 Å². The van der Waals surface area contributed by atoms with E-state index in [0.29, 0.717) is 25.9 Å². The third kappa shape index (κ3) is 3.30. The zero-order valence-electron chi connectivity index (χ0n) is 9.74. The molecule has 1 aliphatic rings. The van der Waals surface area contributed by atoms with E-state index in [-0.39, 0.29) is 12.0 Å². The van der Waals surface area contributed by atoms with Crippen molar-refractivity contribution in [3.63, 3.8) is 0 Å². The van der Waals surface area contributed by atoms with Crippen molar-refractivity contribution in [3.05, 3.63) is 0 Å². The van der Waals surface area contributed by atoms with Crippen LogP contribution < -0.4 is 5.32 Å². The molecule has 1 amide bonds. The Kier molecular flexibility index (Phi) is 4.19. The van der Waals surface area contributed by atoms with Crippen LogP contribution in [0.5, 0.6) is 0 Å². The largest absolute Gasteiger partial charge is 0.463 e. The number of hydrogen-bond acceptors (Lipinski definition) is 2. The quantitative estimate of drug-likeness (QED) is 0.754. The number of nitrogens with one attached hydrogen (secondary N) is 1. The number of rotatable bonds is 6. The van der Waals surface area contributed by atoms with Crippen LogP contribution in [0, 0.1) is 5.41 Å². The van der Waals surface area contributed by atoms with Gasteiger partial charge in [-0.1, -0.05) is 0 Å². The first-order valence-electron chi connectivity index (χ1n) is 5.36. The van der Waals surface area contributed by atoms with Crippen molar-refractivity contribution >= 4 is 5.91 Å². The number of halogens is 5. The second-order valence-corrected chi connectivity index (χ2v) is 4.50. The summed E-state index contributed by atoms with van der Waals surface area (Å²) in [6, 6.07) is 0. The number of alkyl halides is 5. The highest BCUT2D eigenvalue weighted by Gasteiger charge is 2.63. The summed E-state index contributed by atoms with van der Waals surface area (Å²) in [5.41, 5.74) is -0.382. The summed E-state index contributed by atoms with van der Waals surface area (Å²) in [6.07, 6.45) is -3.95. The number of methoxy groups -OCH3 is 1. The Balaban J connectivity index is 2.47. The fourth-order valence-electron chi connectivity index (χ4n) is 1.52. The molecule has 3 nitrogen and oxygen atoms in total. The Labute approximate surface area is 101 Å². The molecule has 1 rings (SSSR count). The highest BCUT2D eigenvalue weighted by molar-refractivity contribution is 5.84. The molecule has 106 valence electrons. The molecule has 1 saturated carbocycles. The van der Waals surface area contributed by atoms with Crippen molar-refractivity contribution in [2.75, 3.05) is 20.3 Å². The second kappa shape index (κ2) is 4.99. The van der Waals surface area contributed by atoms with E-state index in [4.69, 9.17) is 4.74 Å². The summed E-state index contributed by atoms with van der Waals surface area (Å²) in [4.78, 5) is 10.8. The maximum atomic E-state index is 12.6. The molecule has 8 heteroatoms. The Morgan fingerprint density at radius 3 is 2.22 bits per heavy atom. The van der Waals surface area contributed by atoms with Crippen LogP contribution in [-0.4, -0.2) is 38.3 Å². The molecule has 0 atom stereocenters. The molecular weight excluding hydrogens is 261 g/mol. The monoisotopic (exact) mass is 275 g/mol. The Morgan fingerprint density at radius 2 is 1.83 bits per heavy atom. The lowest BCUT2D eigenvalue weighted by molar-refractivity contribution is -0.269. The molecule has 0 heterocycles. The predicted molar refractivity (Wildman–Crippen MR) is 52.2 cm³/mol. The minimum atomic E-state index is -5.86. The van der Waals surface area contributed by atoms with Crippen molar-refractivity contribution in [1.29, 1.82) is 0 Å². The second-order valence-electron chi connectivity index (χ2n) is 4.50. The van der Waals surface area contributed by atoms with Crippen molar-refractivity contribution < 1.29 is 31.5 Å². The maximum Gasteiger partial charge on any atom is 0.463 e. The van der Waals surface area contributed by atoms with Crippen molar-refractivity contribution in [1.82, 2.24) is 5.32 Å². The Morgan fingerprint density at radius 1 is 1.28 bits per heavy atom. The van der Waals surface area contributed by atoms with Crippen molar-refractivity contribution in [2.45, 2.75) is 31.4 Å². The third-order valence-corrected chi connectivity index (χ3v) is 3.06. The van der Waals surface area contributed by atoms with Gasteiger partial charge in [0, 0.05) is 20.3 Å². The van der Waals surface area contributed by atoms with Crippen molar-refractivity contribution in [3.8, 4) is 0 Å². The summed E-state index contributed by atoms with van der Waals surface area (Å²) in [6.45, 7) is 0.201. The van der Waals surface area contributed by atoms with E-state index >= 15 is 0 Å². The van der Waals surface area contributed by atoms with Gasteiger partial charge in [0.05, 0.1) is 0 Å². The first-order chi connectivity index (χ1) is 8.15. The smallest absolute Gasteiger partial charge is 0.385 e. The van der Waals surface area contributed by atoms with Crippen LogP contribution in [0.15, 0.2) is 0 Å². The molecule has 1 fully saturated rings. The van der Waals surface area contributed by atoms with Crippen LogP contribution in [0.25, 0.3) is 0 Å². The van der Waals surface area contributed by atoms with E-state index in [1.165, 1.54) is 7.11 Å². The van der Waals surface area contributed by atoms with Gasteiger partial charge in [-0.15, -0.1) is 0 Å². The maximum absolute atomic E-state index is 12.6. The standard InChI is InChI=1S/C10H14F5NO2/c1-18-5-4-8(2-3-8)6-16-7(17)9(11,12)10(13,14)15/h2-6H2,1H3,(H,16,17). The molecule has 0 saturated heterocycles. The molecule has 0 bridgehead atoms. The molecule has 1 N–H and O–H groups in total. The molecule has 0 radical (unpaired) electrons. The molecule has 18 heavy (non-hydrogen) atoms. The van der Waals surface area contributed by atoms with Gasteiger partial charge >= 0.3 is 12.1 Å². The van der Waals surface area contributed by atoms with E-state index in [0.717, 1.165) is 0 Å². The average molecular weight is 275 g/mol. The number of hydrogen-bond donors (Lipinski definition) is 1. The fraction of sp³-hybridized carbons (Fsp3) is 0.900. The lowest BCUT2D eigenvalue weighted by Crippen LogP contribution is -2.51. The Bertz CT molecular complexity index is 312. The minimum absolute atomic E-state index is 0.180. The van der Waals surface area contributed by atoms with E-state index < -0.39 is 18.0 Å². The van der Waals surface area contributed by atoms with E-state index in [2.05, 4.69) is 0 Å². The van der Waals surface area contributed by atoms with E-state index in [9.17, 15) is 26.7 Å². The van der Waals surface area contributed by atoms with Gasteiger partial charge in [-0.3, -0.25) is 4.79 Å². The van der Waals surface area contributed by atoms with Crippen LogP contribution in [0.3, 0.4) is 0 Å². The molecular formula is C10H14F5NO2. The fourth-order valence-corrected chi connectivity index (χ4v) is 1.52.